The van der Waals surface area contributed by atoms with Crippen molar-refractivity contribution in [3.63, 3.8) is 0 Å². The van der Waals surface area contributed by atoms with Crippen LogP contribution in [0.15, 0.2) is 66.7 Å². The number of anilines is 2. The van der Waals surface area contributed by atoms with Crippen molar-refractivity contribution in [1.82, 2.24) is 10.6 Å². The maximum Gasteiger partial charge on any atom is 0.251 e. The van der Waals surface area contributed by atoms with Gasteiger partial charge in [-0.15, -0.1) is 0 Å². The highest BCUT2D eigenvalue weighted by molar-refractivity contribution is 7.92. The van der Waals surface area contributed by atoms with Crippen molar-refractivity contribution in [2.75, 3.05) is 42.6 Å². The number of hydrogen-bond acceptors (Lipinski definition) is 7. The molecule has 0 unspecified atom stereocenters. The van der Waals surface area contributed by atoms with E-state index >= 15 is 0 Å². The molecule has 3 aromatic rings. The minimum atomic E-state index is -3.55. The lowest BCUT2D eigenvalue weighted by molar-refractivity contribution is 0.0830. The topological polar surface area (TPSA) is 120 Å². The molecule has 4 N–H and O–H groups in total. The maximum absolute atomic E-state index is 13.7. The number of sulfonamides is 1. The van der Waals surface area contributed by atoms with Gasteiger partial charge >= 0.3 is 0 Å². The molecule has 1 amide bonds. The first-order valence-corrected chi connectivity index (χ1v) is 16.7. The van der Waals surface area contributed by atoms with Gasteiger partial charge in [0.05, 0.1) is 30.7 Å². The van der Waals surface area contributed by atoms with Gasteiger partial charge in [0.2, 0.25) is 10.0 Å². The van der Waals surface area contributed by atoms with E-state index in [0.717, 1.165) is 40.3 Å². The zero-order chi connectivity index (χ0) is 31.0. The van der Waals surface area contributed by atoms with Gasteiger partial charge in [-0.05, 0) is 72.2 Å². The third kappa shape index (κ3) is 9.44. The number of hydrogen-bond donors (Lipinski definition) is 4. The lowest BCUT2D eigenvalue weighted by Crippen LogP contribution is -2.48. The van der Waals surface area contributed by atoms with Gasteiger partial charge < -0.3 is 25.8 Å². The molecule has 9 nitrogen and oxygen atoms in total. The van der Waals surface area contributed by atoms with Crippen LogP contribution in [0, 0.1) is 0 Å². The minimum absolute atomic E-state index is 0.261. The van der Waals surface area contributed by atoms with E-state index in [0.29, 0.717) is 49.0 Å². The molecule has 43 heavy (non-hydrogen) atoms. The van der Waals surface area contributed by atoms with Crippen LogP contribution in [0.25, 0.3) is 0 Å². The van der Waals surface area contributed by atoms with E-state index in [4.69, 9.17) is 4.74 Å². The Bertz CT molecular complexity index is 1490. The van der Waals surface area contributed by atoms with Crippen LogP contribution in [0.2, 0.25) is 0 Å². The molecule has 0 saturated heterocycles. The molecule has 4 rings (SSSR count). The Balaban J connectivity index is 1.59. The smallest absolute Gasteiger partial charge is 0.251 e. The highest BCUT2D eigenvalue weighted by Crippen LogP contribution is 2.25. The molecule has 2 atom stereocenters. The number of carbonyl (C=O) groups excluding carboxylic acids is 1. The van der Waals surface area contributed by atoms with Crippen molar-refractivity contribution in [2.45, 2.75) is 57.7 Å². The summed E-state index contributed by atoms with van der Waals surface area (Å²) in [6.45, 7) is 6.34. The summed E-state index contributed by atoms with van der Waals surface area (Å²) >= 11 is 0. The molecule has 0 saturated carbocycles. The van der Waals surface area contributed by atoms with Crippen LogP contribution < -0.4 is 25.0 Å². The summed E-state index contributed by atoms with van der Waals surface area (Å²) in [5.74, 6) is 0.768. The van der Waals surface area contributed by atoms with Crippen LogP contribution in [-0.4, -0.2) is 64.6 Å². The van der Waals surface area contributed by atoms with Gasteiger partial charge in [0, 0.05) is 37.9 Å². The molecule has 0 aromatic heterocycles. The monoisotopic (exact) mass is 608 g/mol. The molecule has 3 aromatic carbocycles. The summed E-state index contributed by atoms with van der Waals surface area (Å²) in [4.78, 5) is 13.7. The lowest BCUT2D eigenvalue weighted by Gasteiger charge is -2.26. The van der Waals surface area contributed by atoms with Crippen LogP contribution in [0.3, 0.4) is 0 Å². The van der Waals surface area contributed by atoms with Crippen LogP contribution in [0.5, 0.6) is 5.75 Å². The second-order valence-electron chi connectivity index (χ2n) is 11.5. The fourth-order valence-corrected chi connectivity index (χ4v) is 5.48. The second-order valence-corrected chi connectivity index (χ2v) is 13.5. The van der Waals surface area contributed by atoms with Gasteiger partial charge in [-0.3, -0.25) is 9.10 Å². The number of benzene rings is 3. The molecular formula is C33H44N4O5S. The Morgan fingerprint density at radius 2 is 1.86 bits per heavy atom. The van der Waals surface area contributed by atoms with Crippen molar-refractivity contribution >= 4 is 27.3 Å². The fraction of sp³-hybridized carbons (Fsp3) is 0.424. The van der Waals surface area contributed by atoms with E-state index < -0.39 is 28.1 Å². The Morgan fingerprint density at radius 3 is 2.63 bits per heavy atom. The Morgan fingerprint density at radius 1 is 1.07 bits per heavy atom. The summed E-state index contributed by atoms with van der Waals surface area (Å²) in [6.07, 6.45) is 2.25. The van der Waals surface area contributed by atoms with Crippen LogP contribution in [0.1, 0.15) is 59.7 Å². The van der Waals surface area contributed by atoms with E-state index in [1.165, 1.54) is 12.6 Å². The summed E-state index contributed by atoms with van der Waals surface area (Å²) < 4.78 is 31.7. The quantitative estimate of drug-likeness (QED) is 0.301. The van der Waals surface area contributed by atoms with Gasteiger partial charge in [0.15, 0.2) is 0 Å². The molecule has 0 spiro atoms. The van der Waals surface area contributed by atoms with Gasteiger partial charge in [0.25, 0.3) is 5.91 Å². The fourth-order valence-electron chi connectivity index (χ4n) is 4.99. The second kappa shape index (κ2) is 14.7. The Hall–Kier alpha value is -3.60. The van der Waals surface area contributed by atoms with Crippen molar-refractivity contribution in [2.24, 2.45) is 0 Å². The van der Waals surface area contributed by atoms with Crippen molar-refractivity contribution in [3.05, 3.63) is 89.0 Å². The largest absolute Gasteiger partial charge is 0.494 e. The van der Waals surface area contributed by atoms with Gasteiger partial charge in [-0.2, -0.15) is 0 Å². The number of ether oxygens (including phenoxy) is 1. The first-order chi connectivity index (χ1) is 20.5. The van der Waals surface area contributed by atoms with E-state index in [9.17, 15) is 18.3 Å². The predicted octanol–water partition coefficient (Wildman–Crippen LogP) is 4.28. The molecule has 0 aliphatic carbocycles. The number of nitrogens with zero attached hydrogens (tertiary/aromatic N) is 1. The standard InChI is InChI=1S/C33H44N4O5S/c1-23(2)26-11-7-10-25(15-26)21-34-22-32(38)31-17-24-9-8-12-30(16-24)42-14-6-5-13-35-28-18-27(33(39)36-31)19-29(20-28)37(3)43(4,40)41/h7-12,15-16,18-20,23,31-32,34-35,38H,5-6,13-14,17,21-22H2,1-4H3,(H,36,39)/t31-,32+/m0/s1. The maximum atomic E-state index is 13.7. The van der Waals surface area contributed by atoms with Gasteiger partial charge in [0.1, 0.15) is 5.75 Å². The highest BCUT2D eigenvalue weighted by atomic mass is 32.2. The normalized spacial score (nSPS) is 17.0. The third-order valence-corrected chi connectivity index (χ3v) is 8.85. The molecule has 1 aliphatic heterocycles. The number of nitrogens with one attached hydrogen (secondary N) is 3. The van der Waals surface area contributed by atoms with Crippen LogP contribution in [0.4, 0.5) is 11.4 Å². The summed E-state index contributed by atoms with van der Waals surface area (Å²) in [6, 6.07) is 20.4. The first kappa shape index (κ1) is 32.3. The summed E-state index contributed by atoms with van der Waals surface area (Å²) in [5.41, 5.74) is 4.61. The number of carbonyl (C=O) groups is 1. The molecule has 4 bridgehead atoms. The summed E-state index contributed by atoms with van der Waals surface area (Å²) in [7, 11) is -2.09. The molecule has 0 fully saturated rings. The molecule has 1 heterocycles. The zero-order valence-corrected chi connectivity index (χ0v) is 26.3. The minimum Gasteiger partial charge on any atom is -0.494 e. The SMILES string of the molecule is CC(C)c1cccc(CNC[C@@H](O)[C@@H]2Cc3cccc(c3)OCCCCNc3cc(cc(N(C)S(C)(=O)=O)c3)C(=O)N2)c1. The van der Waals surface area contributed by atoms with Crippen molar-refractivity contribution in [1.29, 1.82) is 0 Å². The number of rotatable bonds is 8. The number of aliphatic hydroxyl groups is 1. The van der Waals surface area contributed by atoms with Crippen molar-refractivity contribution in [3.8, 4) is 5.75 Å². The molecule has 1 aliphatic rings. The first-order valence-electron chi connectivity index (χ1n) is 14.8. The molecular weight excluding hydrogens is 564 g/mol. The summed E-state index contributed by atoms with van der Waals surface area (Å²) in [5, 5.41) is 21.0. The van der Waals surface area contributed by atoms with Crippen LogP contribution in [-0.2, 0) is 23.0 Å². The van der Waals surface area contributed by atoms with Gasteiger partial charge in [-0.25, -0.2) is 8.42 Å². The average Bonchev–Trinajstić information content (AvgIpc) is 2.97. The predicted molar refractivity (Wildman–Crippen MR) is 173 cm³/mol. The van der Waals surface area contributed by atoms with E-state index in [2.05, 4.69) is 48.0 Å². The number of aliphatic hydroxyl groups excluding tert-OH is 1. The van der Waals surface area contributed by atoms with E-state index in [-0.39, 0.29) is 6.54 Å². The van der Waals surface area contributed by atoms with Gasteiger partial charge in [-0.1, -0.05) is 50.2 Å². The average molecular weight is 609 g/mol. The Kier molecular flexibility index (Phi) is 11.1. The lowest BCUT2D eigenvalue weighted by atomic mass is 9.99. The number of fused-ring (bicyclic) bond motifs is 4. The van der Waals surface area contributed by atoms with Crippen LogP contribution >= 0.6 is 0 Å². The molecule has 10 heteroatoms. The number of amides is 1. The zero-order valence-electron chi connectivity index (χ0n) is 25.5. The molecule has 0 radical (unpaired) electrons. The van der Waals surface area contributed by atoms with Crippen molar-refractivity contribution < 1.29 is 23.1 Å². The van der Waals surface area contributed by atoms with E-state index in [1.54, 1.807) is 18.2 Å². The van der Waals surface area contributed by atoms with E-state index in [1.807, 2.05) is 30.3 Å². The highest BCUT2D eigenvalue weighted by Gasteiger charge is 2.24. The Labute approximate surface area is 255 Å². The molecule has 232 valence electrons. The third-order valence-electron chi connectivity index (χ3n) is 7.65.